The maximum Gasteiger partial charge on any atom is 0.416 e. The van der Waals surface area contributed by atoms with Crippen molar-refractivity contribution < 1.29 is 30.8 Å². The molecule has 1 aliphatic rings. The lowest BCUT2D eigenvalue weighted by atomic mass is 9.98. The Balaban J connectivity index is 1.68. The van der Waals surface area contributed by atoms with Crippen LogP contribution in [0.5, 0.6) is 0 Å². The van der Waals surface area contributed by atoms with Crippen LogP contribution in [0, 0.1) is 18.7 Å². The Morgan fingerprint density at radius 2 is 2.00 bits per heavy atom. The third kappa shape index (κ3) is 5.01. The summed E-state index contributed by atoms with van der Waals surface area (Å²) in [4.78, 5) is 13.4. The highest BCUT2D eigenvalue weighted by atomic mass is 32.2. The van der Waals surface area contributed by atoms with E-state index in [1.165, 1.54) is 10.4 Å². The van der Waals surface area contributed by atoms with Crippen LogP contribution in [0.3, 0.4) is 0 Å². The average molecular weight is 465 g/mol. The molecule has 1 atom stereocenters. The van der Waals surface area contributed by atoms with Crippen LogP contribution in [0.15, 0.2) is 34.5 Å². The molecule has 2 aromatic rings. The minimum Gasteiger partial charge on any atom is -0.352 e. The molecule has 1 fully saturated rings. The summed E-state index contributed by atoms with van der Waals surface area (Å²) in [6, 6.07) is 5.49. The van der Waals surface area contributed by atoms with E-state index in [0.29, 0.717) is 18.9 Å². The van der Waals surface area contributed by atoms with Gasteiger partial charge in [0.25, 0.3) is 10.0 Å². The molecular weight excluding hydrogens is 444 g/mol. The van der Waals surface area contributed by atoms with E-state index >= 15 is 0 Å². The molecule has 0 saturated carbocycles. The summed E-state index contributed by atoms with van der Waals surface area (Å²) >= 11 is 1.14. The van der Waals surface area contributed by atoms with Crippen LogP contribution in [0.4, 0.5) is 17.6 Å². The number of piperidine rings is 1. The van der Waals surface area contributed by atoms with Gasteiger partial charge in [-0.3, -0.25) is 4.79 Å². The van der Waals surface area contributed by atoms with E-state index in [1.54, 1.807) is 13.0 Å². The Labute approximate surface area is 175 Å². The van der Waals surface area contributed by atoms with E-state index < -0.39 is 46.0 Å². The summed E-state index contributed by atoms with van der Waals surface area (Å²) in [5.74, 6) is -2.23. The fraction of sp³-hybridized carbons (Fsp3) is 0.421. The zero-order valence-corrected chi connectivity index (χ0v) is 17.6. The molecule has 2 heterocycles. The topological polar surface area (TPSA) is 66.5 Å². The first kappa shape index (κ1) is 22.7. The number of alkyl halides is 3. The van der Waals surface area contributed by atoms with E-state index in [0.717, 1.165) is 28.3 Å². The van der Waals surface area contributed by atoms with Crippen LogP contribution in [0.25, 0.3) is 0 Å². The molecule has 30 heavy (non-hydrogen) atoms. The van der Waals surface area contributed by atoms with Gasteiger partial charge in [-0.25, -0.2) is 12.8 Å². The Morgan fingerprint density at radius 1 is 1.27 bits per heavy atom. The monoisotopic (exact) mass is 464 g/mol. The molecule has 1 saturated heterocycles. The van der Waals surface area contributed by atoms with Crippen LogP contribution in [-0.4, -0.2) is 31.7 Å². The zero-order valence-electron chi connectivity index (χ0n) is 16.0. The summed E-state index contributed by atoms with van der Waals surface area (Å²) < 4.78 is 79.5. The maximum atomic E-state index is 13.2. The second-order valence-corrected chi connectivity index (χ2v) is 10.5. The minimum atomic E-state index is -4.75. The first-order valence-electron chi connectivity index (χ1n) is 9.18. The van der Waals surface area contributed by atoms with Crippen molar-refractivity contribution in [1.29, 1.82) is 0 Å². The molecule has 5 nitrogen and oxygen atoms in total. The third-order valence-electron chi connectivity index (χ3n) is 4.90. The smallest absolute Gasteiger partial charge is 0.352 e. The van der Waals surface area contributed by atoms with Crippen molar-refractivity contribution in [3.63, 3.8) is 0 Å². The third-order valence-corrected chi connectivity index (χ3v) is 8.23. The van der Waals surface area contributed by atoms with Gasteiger partial charge in [0.2, 0.25) is 5.91 Å². The van der Waals surface area contributed by atoms with E-state index in [1.807, 2.05) is 0 Å². The number of rotatable bonds is 5. The van der Waals surface area contributed by atoms with Gasteiger partial charge in [0.05, 0.1) is 11.5 Å². The molecule has 0 spiro atoms. The molecule has 1 aromatic heterocycles. The number of halogens is 4. The van der Waals surface area contributed by atoms with Crippen molar-refractivity contribution in [2.45, 2.75) is 36.7 Å². The lowest BCUT2D eigenvalue weighted by Gasteiger charge is -2.30. The minimum absolute atomic E-state index is 0.0410. The summed E-state index contributed by atoms with van der Waals surface area (Å²) in [6.45, 7) is 1.60. The summed E-state index contributed by atoms with van der Waals surface area (Å²) in [6.07, 6.45) is -3.86. The second-order valence-electron chi connectivity index (χ2n) is 7.08. The Bertz CT molecular complexity index is 1030. The molecule has 1 N–H and O–H groups in total. The number of amides is 1. The normalized spacial score (nSPS) is 18.4. The largest absolute Gasteiger partial charge is 0.416 e. The number of thiophene rings is 1. The van der Waals surface area contributed by atoms with Crippen LogP contribution in [0.2, 0.25) is 0 Å². The number of carbonyl (C=O) groups excluding carboxylic acids is 1. The fourth-order valence-electron chi connectivity index (χ4n) is 3.35. The highest BCUT2D eigenvalue weighted by molar-refractivity contribution is 7.91. The predicted molar refractivity (Wildman–Crippen MR) is 104 cm³/mol. The van der Waals surface area contributed by atoms with Gasteiger partial charge in [-0.05, 0) is 49.6 Å². The van der Waals surface area contributed by atoms with Crippen LogP contribution in [-0.2, 0) is 27.5 Å². The van der Waals surface area contributed by atoms with E-state index in [-0.39, 0.29) is 22.9 Å². The van der Waals surface area contributed by atoms with Crippen LogP contribution < -0.4 is 5.32 Å². The molecule has 1 amide bonds. The van der Waals surface area contributed by atoms with Crippen molar-refractivity contribution in [3.8, 4) is 0 Å². The number of hydrogen-bond acceptors (Lipinski definition) is 4. The molecule has 11 heteroatoms. The number of nitrogens with zero attached hydrogens (tertiary/aromatic N) is 1. The quantitative estimate of drug-likeness (QED) is 0.682. The number of benzene rings is 1. The van der Waals surface area contributed by atoms with E-state index in [9.17, 15) is 30.8 Å². The number of carbonyl (C=O) groups is 1. The summed E-state index contributed by atoms with van der Waals surface area (Å²) in [5.41, 5.74) is -1.41. The molecular formula is C19H20F4N2O3S2. The van der Waals surface area contributed by atoms with Gasteiger partial charge >= 0.3 is 6.18 Å². The van der Waals surface area contributed by atoms with Crippen LogP contribution in [0.1, 0.15) is 28.8 Å². The number of hydrogen-bond donors (Lipinski definition) is 1. The lowest BCUT2D eigenvalue weighted by Crippen LogP contribution is -2.45. The summed E-state index contributed by atoms with van der Waals surface area (Å²) in [5, 5.41) is 2.44. The van der Waals surface area contributed by atoms with Crippen molar-refractivity contribution >= 4 is 27.3 Å². The predicted octanol–water partition coefficient (Wildman–Crippen LogP) is 3.93. The second kappa shape index (κ2) is 8.64. The average Bonchev–Trinajstić information content (AvgIpc) is 3.13. The lowest BCUT2D eigenvalue weighted by molar-refractivity contribution is -0.138. The molecule has 164 valence electrons. The molecule has 3 rings (SSSR count). The van der Waals surface area contributed by atoms with Gasteiger partial charge in [-0.2, -0.15) is 17.5 Å². The van der Waals surface area contributed by atoms with Crippen molar-refractivity contribution in [2.75, 3.05) is 13.1 Å². The summed E-state index contributed by atoms with van der Waals surface area (Å²) in [7, 11) is -3.72. The highest BCUT2D eigenvalue weighted by Gasteiger charge is 2.36. The zero-order chi connectivity index (χ0) is 22.1. The van der Waals surface area contributed by atoms with E-state index in [2.05, 4.69) is 5.32 Å². The Hall–Kier alpha value is -1.98. The standard InChI is InChI=1S/C19H20F4N2O3S2/c1-12-4-7-17(29-12)30(27,28)25-8-2-3-14(11-25)18(26)24-10-13-5-6-15(20)9-16(13)19(21,22)23/h4-7,9,14H,2-3,8,10-11H2,1H3,(H,24,26). The molecule has 0 bridgehead atoms. The van der Waals surface area contributed by atoms with Gasteiger partial charge in [0.15, 0.2) is 0 Å². The molecule has 1 aliphatic heterocycles. The maximum absolute atomic E-state index is 13.2. The molecule has 0 radical (unpaired) electrons. The van der Waals surface area contributed by atoms with Crippen molar-refractivity contribution in [2.24, 2.45) is 5.92 Å². The number of nitrogens with one attached hydrogen (secondary N) is 1. The SMILES string of the molecule is Cc1ccc(S(=O)(=O)N2CCCC(C(=O)NCc3ccc(F)cc3C(F)(F)F)C2)s1. The number of sulfonamides is 1. The molecule has 1 aromatic carbocycles. The first-order chi connectivity index (χ1) is 14.0. The Morgan fingerprint density at radius 3 is 2.63 bits per heavy atom. The first-order valence-corrected chi connectivity index (χ1v) is 11.4. The van der Waals surface area contributed by atoms with Gasteiger partial charge in [0.1, 0.15) is 10.0 Å². The van der Waals surface area contributed by atoms with Gasteiger partial charge in [0, 0.05) is 24.5 Å². The molecule has 1 unspecified atom stereocenters. The van der Waals surface area contributed by atoms with Crippen LogP contribution >= 0.6 is 11.3 Å². The van der Waals surface area contributed by atoms with Crippen molar-refractivity contribution in [1.82, 2.24) is 9.62 Å². The highest BCUT2D eigenvalue weighted by Crippen LogP contribution is 2.33. The van der Waals surface area contributed by atoms with Gasteiger partial charge < -0.3 is 5.32 Å². The Kier molecular flexibility index (Phi) is 6.54. The van der Waals surface area contributed by atoms with Gasteiger partial charge in [-0.15, -0.1) is 11.3 Å². The van der Waals surface area contributed by atoms with Gasteiger partial charge in [-0.1, -0.05) is 6.07 Å². The number of aryl methyl sites for hydroxylation is 1. The fourth-order valence-corrected chi connectivity index (χ4v) is 6.31. The molecule has 0 aliphatic carbocycles. The van der Waals surface area contributed by atoms with Crippen molar-refractivity contribution in [3.05, 3.63) is 52.2 Å². The van der Waals surface area contributed by atoms with E-state index in [4.69, 9.17) is 0 Å².